The molecule has 0 aromatic heterocycles. The third-order valence-electron chi connectivity index (χ3n) is 3.70. The molecule has 0 radical (unpaired) electrons. The summed E-state index contributed by atoms with van der Waals surface area (Å²) in [4.78, 5) is 13.8. The number of anilines is 2. The van der Waals surface area contributed by atoms with Gasteiger partial charge in [0.05, 0.1) is 6.54 Å². The number of hydrogen-bond acceptors (Lipinski definition) is 3. The van der Waals surface area contributed by atoms with Crippen molar-refractivity contribution in [1.82, 2.24) is 10.2 Å². The number of nitrogens with one attached hydrogen (secondary N) is 3. The average molecular weight is 352 g/mol. The summed E-state index contributed by atoms with van der Waals surface area (Å²) in [7, 11) is 0. The summed E-state index contributed by atoms with van der Waals surface area (Å²) < 4.78 is 0. The summed E-state index contributed by atoms with van der Waals surface area (Å²) in [6.45, 7) is 3.82. The first-order valence-corrected chi connectivity index (χ1v) is 8.27. The Morgan fingerprint density at radius 3 is 2.43 bits per heavy atom. The van der Waals surface area contributed by atoms with Crippen molar-refractivity contribution in [2.45, 2.75) is 19.8 Å². The van der Waals surface area contributed by atoms with Crippen LogP contribution in [0.25, 0.3) is 0 Å². The molecule has 0 bridgehead atoms. The van der Waals surface area contributed by atoms with Crippen LogP contribution in [-0.2, 0) is 4.79 Å². The average Bonchev–Trinajstić information content (AvgIpc) is 3.03. The molecule has 0 atom stereocenters. The highest BCUT2D eigenvalue weighted by Gasteiger charge is 2.17. The van der Waals surface area contributed by atoms with Crippen LogP contribution < -0.4 is 21.7 Å². The Kier molecular flexibility index (Phi) is 6.12. The third-order valence-corrected chi connectivity index (χ3v) is 4.05. The first-order chi connectivity index (χ1) is 11.0. The number of hydrogen-bond donors (Lipinski definition) is 4. The summed E-state index contributed by atoms with van der Waals surface area (Å²) in [5.74, 6) is 0.0762. The largest absolute Gasteiger partial charge is 0.376 e. The molecule has 1 amide bonds. The summed E-state index contributed by atoms with van der Waals surface area (Å²) in [5, 5.41) is 9.59. The molecule has 6 nitrogen and oxygen atoms in total. The second-order valence-electron chi connectivity index (χ2n) is 5.36. The number of amides is 1. The number of nitrogens with two attached hydrogens (primary N) is 1. The van der Waals surface area contributed by atoms with E-state index in [9.17, 15) is 4.79 Å². The van der Waals surface area contributed by atoms with Gasteiger partial charge in [-0.25, -0.2) is 0 Å². The minimum atomic E-state index is 0.0762. The SMILES string of the molecule is Cc1c(NC(N)=S)cccc1NC(=S)NCC(=O)N1CCCC1. The molecule has 23 heavy (non-hydrogen) atoms. The van der Waals surface area contributed by atoms with Crippen molar-refractivity contribution in [2.75, 3.05) is 30.3 Å². The van der Waals surface area contributed by atoms with Crippen LogP contribution in [0.4, 0.5) is 11.4 Å². The Labute approximate surface area is 146 Å². The van der Waals surface area contributed by atoms with E-state index in [1.54, 1.807) is 0 Å². The van der Waals surface area contributed by atoms with E-state index in [-0.39, 0.29) is 17.6 Å². The molecule has 124 valence electrons. The van der Waals surface area contributed by atoms with Crippen LogP contribution in [-0.4, -0.2) is 40.7 Å². The van der Waals surface area contributed by atoms with Crippen LogP contribution in [0.5, 0.6) is 0 Å². The minimum Gasteiger partial charge on any atom is -0.376 e. The second kappa shape index (κ2) is 8.07. The van der Waals surface area contributed by atoms with Crippen LogP contribution in [0.2, 0.25) is 0 Å². The second-order valence-corrected chi connectivity index (χ2v) is 6.21. The first-order valence-electron chi connectivity index (χ1n) is 7.46. The van der Waals surface area contributed by atoms with Gasteiger partial charge in [0.2, 0.25) is 5.91 Å². The van der Waals surface area contributed by atoms with E-state index in [0.717, 1.165) is 42.9 Å². The fraction of sp³-hybridized carbons (Fsp3) is 0.400. The number of thiocarbonyl (C=S) groups is 2. The van der Waals surface area contributed by atoms with Crippen LogP contribution >= 0.6 is 24.4 Å². The van der Waals surface area contributed by atoms with Crippen molar-refractivity contribution in [1.29, 1.82) is 0 Å². The van der Waals surface area contributed by atoms with Gasteiger partial charge in [0.1, 0.15) is 0 Å². The summed E-state index contributed by atoms with van der Waals surface area (Å²) in [5.41, 5.74) is 8.09. The highest BCUT2D eigenvalue weighted by atomic mass is 32.1. The van der Waals surface area contributed by atoms with Crippen LogP contribution in [0.15, 0.2) is 18.2 Å². The molecule has 1 aromatic carbocycles. The van der Waals surface area contributed by atoms with E-state index >= 15 is 0 Å². The molecule has 1 aliphatic rings. The topological polar surface area (TPSA) is 82.4 Å². The number of carbonyl (C=O) groups excluding carboxylic acids is 1. The number of rotatable bonds is 4. The zero-order valence-corrected chi connectivity index (χ0v) is 14.6. The van der Waals surface area contributed by atoms with Gasteiger partial charge in [0.15, 0.2) is 10.2 Å². The molecule has 8 heteroatoms. The lowest BCUT2D eigenvalue weighted by Gasteiger charge is -2.18. The van der Waals surface area contributed by atoms with Gasteiger partial charge < -0.3 is 26.6 Å². The number of benzene rings is 1. The maximum Gasteiger partial charge on any atom is 0.241 e. The van der Waals surface area contributed by atoms with Crippen molar-refractivity contribution in [3.63, 3.8) is 0 Å². The molecule has 1 aromatic rings. The third kappa shape index (κ3) is 5.04. The maximum absolute atomic E-state index is 12.0. The molecule has 0 saturated carbocycles. The zero-order valence-electron chi connectivity index (χ0n) is 13.0. The Balaban J connectivity index is 1.89. The van der Waals surface area contributed by atoms with E-state index in [2.05, 4.69) is 16.0 Å². The monoisotopic (exact) mass is 351 g/mol. The lowest BCUT2D eigenvalue weighted by molar-refractivity contribution is -0.128. The van der Waals surface area contributed by atoms with E-state index < -0.39 is 0 Å². The van der Waals surface area contributed by atoms with Gasteiger partial charge in [-0.3, -0.25) is 4.79 Å². The lowest BCUT2D eigenvalue weighted by Crippen LogP contribution is -2.40. The predicted octanol–water partition coefficient (Wildman–Crippen LogP) is 1.56. The van der Waals surface area contributed by atoms with Gasteiger partial charge in [-0.2, -0.15) is 0 Å². The predicted molar refractivity (Wildman–Crippen MR) is 102 cm³/mol. The maximum atomic E-state index is 12.0. The van der Waals surface area contributed by atoms with Gasteiger partial charge in [-0.05, 0) is 61.9 Å². The Morgan fingerprint density at radius 1 is 1.22 bits per heavy atom. The summed E-state index contributed by atoms with van der Waals surface area (Å²) >= 11 is 10.1. The first kappa shape index (κ1) is 17.4. The van der Waals surface area contributed by atoms with Gasteiger partial charge in [0.25, 0.3) is 0 Å². The normalized spacial score (nSPS) is 13.5. The van der Waals surface area contributed by atoms with Crippen molar-refractivity contribution < 1.29 is 4.79 Å². The smallest absolute Gasteiger partial charge is 0.241 e. The van der Waals surface area contributed by atoms with Crippen molar-refractivity contribution in [2.24, 2.45) is 5.73 Å². The van der Waals surface area contributed by atoms with Crippen molar-refractivity contribution >= 4 is 51.9 Å². The number of nitrogens with zero attached hydrogens (tertiary/aromatic N) is 1. The molecule has 2 rings (SSSR count). The molecule has 0 spiro atoms. The summed E-state index contributed by atoms with van der Waals surface area (Å²) in [6, 6.07) is 5.65. The van der Waals surface area contributed by atoms with Gasteiger partial charge in [-0.15, -0.1) is 0 Å². The van der Waals surface area contributed by atoms with Crippen LogP contribution in [0, 0.1) is 6.92 Å². The lowest BCUT2D eigenvalue weighted by atomic mass is 10.1. The number of carbonyl (C=O) groups is 1. The molecule has 1 heterocycles. The van der Waals surface area contributed by atoms with Gasteiger partial charge >= 0.3 is 0 Å². The zero-order chi connectivity index (χ0) is 16.8. The minimum absolute atomic E-state index is 0.0762. The fourth-order valence-corrected chi connectivity index (χ4v) is 2.73. The highest BCUT2D eigenvalue weighted by molar-refractivity contribution is 7.80. The number of likely N-dealkylation sites (tertiary alicyclic amines) is 1. The molecule has 1 aliphatic heterocycles. The van der Waals surface area contributed by atoms with Crippen molar-refractivity contribution in [3.8, 4) is 0 Å². The van der Waals surface area contributed by atoms with Gasteiger partial charge in [-0.1, -0.05) is 6.07 Å². The molecule has 0 aliphatic carbocycles. The molecular weight excluding hydrogens is 330 g/mol. The van der Waals surface area contributed by atoms with Crippen LogP contribution in [0.3, 0.4) is 0 Å². The quantitative estimate of drug-likeness (QED) is 0.613. The molecular formula is C15H21N5OS2. The van der Waals surface area contributed by atoms with Crippen molar-refractivity contribution in [3.05, 3.63) is 23.8 Å². The standard InChI is InChI=1S/C15H21N5OS2/c1-10-11(18-14(16)22)5-4-6-12(10)19-15(23)17-9-13(21)20-7-2-3-8-20/h4-6H,2-3,7-9H2,1H3,(H3,16,18,22)(H2,17,19,23). The van der Waals surface area contributed by atoms with E-state index in [0.29, 0.717) is 5.11 Å². The van der Waals surface area contributed by atoms with E-state index in [1.165, 1.54) is 0 Å². The molecule has 0 unspecified atom stereocenters. The Morgan fingerprint density at radius 2 is 1.83 bits per heavy atom. The summed E-state index contributed by atoms with van der Waals surface area (Å²) in [6.07, 6.45) is 2.16. The fourth-order valence-electron chi connectivity index (χ4n) is 2.44. The van der Waals surface area contributed by atoms with Gasteiger partial charge in [0, 0.05) is 24.5 Å². The van der Waals surface area contributed by atoms with Crippen LogP contribution in [0.1, 0.15) is 18.4 Å². The van der Waals surface area contributed by atoms with E-state index in [4.69, 9.17) is 30.2 Å². The van der Waals surface area contributed by atoms with E-state index in [1.807, 2.05) is 30.0 Å². The Bertz CT molecular complexity index is 614. The Hall–Kier alpha value is -1.93. The molecule has 5 N–H and O–H groups in total. The highest BCUT2D eigenvalue weighted by Crippen LogP contribution is 2.23. The molecule has 1 fully saturated rings. The molecule has 1 saturated heterocycles.